The van der Waals surface area contributed by atoms with Crippen molar-refractivity contribution in [2.75, 3.05) is 19.7 Å². The van der Waals surface area contributed by atoms with Gasteiger partial charge in [0.15, 0.2) is 0 Å². The number of hydrogen-bond donors (Lipinski definition) is 4. The van der Waals surface area contributed by atoms with Crippen LogP contribution >= 0.6 is 0 Å². The highest BCUT2D eigenvalue weighted by atomic mass is 16.5. The lowest BCUT2D eigenvalue weighted by atomic mass is 10.2. The second kappa shape index (κ2) is 9.75. The Bertz CT molecular complexity index is 466. The number of aliphatic hydroxyl groups is 1. The lowest BCUT2D eigenvalue weighted by molar-refractivity contribution is -0.136. The van der Waals surface area contributed by atoms with Gasteiger partial charge in [-0.1, -0.05) is 18.2 Å². The molecule has 1 aromatic rings. The average molecular weight is 310 g/mol. The molecule has 1 aromatic carbocycles. The molecule has 0 aromatic heterocycles. The van der Waals surface area contributed by atoms with E-state index in [2.05, 4.69) is 10.6 Å². The van der Waals surface area contributed by atoms with E-state index in [0.29, 0.717) is 5.75 Å². The molecule has 0 fully saturated rings. The Balaban J connectivity index is 2.18. The van der Waals surface area contributed by atoms with Crippen molar-refractivity contribution in [2.24, 2.45) is 0 Å². The molecule has 0 aliphatic heterocycles. The van der Waals surface area contributed by atoms with Gasteiger partial charge in [-0.05, 0) is 19.1 Å². The highest BCUT2D eigenvalue weighted by Crippen LogP contribution is 2.08. The van der Waals surface area contributed by atoms with Gasteiger partial charge in [0.25, 0.3) is 0 Å². The molecule has 0 radical (unpaired) electrons. The molecule has 0 saturated carbocycles. The monoisotopic (exact) mass is 310 g/mol. The van der Waals surface area contributed by atoms with Crippen LogP contribution in [0.5, 0.6) is 5.75 Å². The van der Waals surface area contributed by atoms with Crippen LogP contribution in [0.25, 0.3) is 0 Å². The molecule has 0 aliphatic rings. The minimum Gasteiger partial charge on any atom is -0.491 e. The molecule has 1 rings (SSSR count). The first-order chi connectivity index (χ1) is 10.5. The molecule has 2 atom stereocenters. The van der Waals surface area contributed by atoms with Crippen molar-refractivity contribution in [1.82, 2.24) is 10.6 Å². The van der Waals surface area contributed by atoms with Crippen LogP contribution < -0.4 is 15.4 Å². The maximum absolute atomic E-state index is 11.6. The second-order valence-electron chi connectivity index (χ2n) is 4.84. The molecule has 7 heteroatoms. The lowest BCUT2D eigenvalue weighted by Crippen LogP contribution is -2.46. The highest BCUT2D eigenvalue weighted by molar-refractivity contribution is 5.81. The van der Waals surface area contributed by atoms with Gasteiger partial charge in [-0.15, -0.1) is 0 Å². The Labute approximate surface area is 129 Å². The van der Waals surface area contributed by atoms with Gasteiger partial charge in [-0.25, -0.2) is 0 Å². The Morgan fingerprint density at radius 2 is 1.95 bits per heavy atom. The molecule has 0 unspecified atom stereocenters. The summed E-state index contributed by atoms with van der Waals surface area (Å²) in [6.45, 7) is 2.03. The van der Waals surface area contributed by atoms with Gasteiger partial charge in [0.05, 0.1) is 12.5 Å². The summed E-state index contributed by atoms with van der Waals surface area (Å²) in [4.78, 5) is 22.0. The standard InChI is InChI=1S/C15H22N2O5/c1-11(15(21)16-8-7-14(19)20)17-9-12(18)10-22-13-5-3-2-4-6-13/h2-6,11-12,17-18H,7-10H2,1H3,(H,16,21)(H,19,20)/t11-,12-/m1/s1. The SMILES string of the molecule is C[C@@H](NC[C@@H](O)COc1ccccc1)C(=O)NCCC(=O)O. The Kier molecular flexibility index (Phi) is 7.95. The number of aliphatic hydroxyl groups excluding tert-OH is 1. The van der Waals surface area contributed by atoms with Gasteiger partial charge in [-0.2, -0.15) is 0 Å². The third-order valence-electron chi connectivity index (χ3n) is 2.88. The van der Waals surface area contributed by atoms with Crippen molar-refractivity contribution in [3.05, 3.63) is 30.3 Å². The number of nitrogens with one attached hydrogen (secondary N) is 2. The number of aliphatic carboxylic acids is 1. The molecular weight excluding hydrogens is 288 g/mol. The summed E-state index contributed by atoms with van der Waals surface area (Å²) < 4.78 is 5.40. The molecule has 0 heterocycles. The molecule has 1 amide bonds. The first-order valence-corrected chi connectivity index (χ1v) is 7.08. The molecule has 122 valence electrons. The number of para-hydroxylation sites is 1. The molecule has 22 heavy (non-hydrogen) atoms. The number of amides is 1. The number of hydrogen-bond acceptors (Lipinski definition) is 5. The molecule has 0 bridgehead atoms. The van der Waals surface area contributed by atoms with Crippen molar-refractivity contribution >= 4 is 11.9 Å². The predicted molar refractivity (Wildman–Crippen MR) is 80.7 cm³/mol. The maximum atomic E-state index is 11.6. The van der Waals surface area contributed by atoms with Crippen molar-refractivity contribution < 1.29 is 24.5 Å². The Morgan fingerprint density at radius 1 is 1.27 bits per heavy atom. The van der Waals surface area contributed by atoms with E-state index >= 15 is 0 Å². The van der Waals surface area contributed by atoms with E-state index < -0.39 is 18.1 Å². The van der Waals surface area contributed by atoms with Crippen LogP contribution in [0.2, 0.25) is 0 Å². The summed E-state index contributed by atoms with van der Waals surface area (Å²) in [5.74, 6) is -0.604. The van der Waals surface area contributed by atoms with Crippen molar-refractivity contribution in [3.63, 3.8) is 0 Å². The number of benzene rings is 1. The third-order valence-corrected chi connectivity index (χ3v) is 2.88. The van der Waals surface area contributed by atoms with Crippen molar-refractivity contribution in [2.45, 2.75) is 25.5 Å². The summed E-state index contributed by atoms with van der Waals surface area (Å²) >= 11 is 0. The van der Waals surface area contributed by atoms with Gasteiger partial charge in [0, 0.05) is 13.1 Å². The molecule has 4 N–H and O–H groups in total. The van der Waals surface area contributed by atoms with Crippen LogP contribution in [0.3, 0.4) is 0 Å². The van der Waals surface area contributed by atoms with Gasteiger partial charge < -0.3 is 25.6 Å². The summed E-state index contributed by atoms with van der Waals surface area (Å²) in [7, 11) is 0. The van der Waals surface area contributed by atoms with Crippen LogP contribution in [0.15, 0.2) is 30.3 Å². The number of ether oxygens (including phenoxy) is 1. The number of carboxylic acid groups (broad SMARTS) is 1. The highest BCUT2D eigenvalue weighted by Gasteiger charge is 2.14. The number of carboxylic acids is 1. The van der Waals surface area contributed by atoms with Crippen molar-refractivity contribution in [3.8, 4) is 5.75 Å². The van der Waals surface area contributed by atoms with Crippen LogP contribution in [-0.4, -0.2) is 53.9 Å². The summed E-state index contributed by atoms with van der Waals surface area (Å²) in [5, 5.41) is 23.6. The van der Waals surface area contributed by atoms with Crippen LogP contribution in [0.4, 0.5) is 0 Å². The predicted octanol–water partition coefficient (Wildman–Crippen LogP) is -0.00470. The fourth-order valence-corrected chi connectivity index (χ4v) is 1.62. The topological polar surface area (TPSA) is 108 Å². The molecule has 7 nitrogen and oxygen atoms in total. The summed E-state index contributed by atoms with van der Waals surface area (Å²) in [6.07, 6.45) is -0.874. The van der Waals surface area contributed by atoms with E-state index in [9.17, 15) is 14.7 Å². The maximum Gasteiger partial charge on any atom is 0.305 e. The van der Waals surface area contributed by atoms with E-state index in [1.165, 1.54) is 0 Å². The van der Waals surface area contributed by atoms with E-state index in [4.69, 9.17) is 9.84 Å². The summed E-state index contributed by atoms with van der Waals surface area (Å²) in [5.41, 5.74) is 0. The summed E-state index contributed by atoms with van der Waals surface area (Å²) in [6, 6.07) is 8.60. The van der Waals surface area contributed by atoms with E-state index in [-0.39, 0.29) is 32.0 Å². The zero-order valence-corrected chi connectivity index (χ0v) is 12.5. The molecular formula is C15H22N2O5. The minimum atomic E-state index is -0.964. The Morgan fingerprint density at radius 3 is 2.59 bits per heavy atom. The number of rotatable bonds is 10. The normalized spacial score (nSPS) is 13.2. The molecule has 0 saturated heterocycles. The van der Waals surface area contributed by atoms with E-state index in [1.54, 1.807) is 19.1 Å². The number of carbonyl (C=O) groups excluding carboxylic acids is 1. The van der Waals surface area contributed by atoms with Crippen LogP contribution in [-0.2, 0) is 9.59 Å². The van der Waals surface area contributed by atoms with E-state index in [0.717, 1.165) is 0 Å². The van der Waals surface area contributed by atoms with Gasteiger partial charge in [0.1, 0.15) is 18.5 Å². The van der Waals surface area contributed by atoms with Gasteiger partial charge in [0.2, 0.25) is 5.91 Å². The first-order valence-electron chi connectivity index (χ1n) is 7.08. The lowest BCUT2D eigenvalue weighted by Gasteiger charge is -2.17. The average Bonchev–Trinajstić information content (AvgIpc) is 2.51. The van der Waals surface area contributed by atoms with E-state index in [1.807, 2.05) is 18.2 Å². The van der Waals surface area contributed by atoms with Crippen molar-refractivity contribution in [1.29, 1.82) is 0 Å². The van der Waals surface area contributed by atoms with Gasteiger partial charge >= 0.3 is 5.97 Å². The zero-order valence-electron chi connectivity index (χ0n) is 12.5. The van der Waals surface area contributed by atoms with Gasteiger partial charge in [-0.3, -0.25) is 9.59 Å². The Hall–Kier alpha value is -2.12. The quantitative estimate of drug-likeness (QED) is 0.484. The van der Waals surface area contributed by atoms with Crippen LogP contribution in [0, 0.1) is 0 Å². The molecule has 0 aliphatic carbocycles. The number of carbonyl (C=O) groups is 2. The smallest absolute Gasteiger partial charge is 0.305 e. The first kappa shape index (κ1) is 17.9. The van der Waals surface area contributed by atoms with Crippen LogP contribution in [0.1, 0.15) is 13.3 Å². The second-order valence-corrected chi connectivity index (χ2v) is 4.84. The fourth-order valence-electron chi connectivity index (χ4n) is 1.62. The fraction of sp³-hybridized carbons (Fsp3) is 0.467. The molecule has 0 spiro atoms. The zero-order chi connectivity index (χ0) is 16.4. The largest absolute Gasteiger partial charge is 0.491 e. The minimum absolute atomic E-state index is 0.0832. The third kappa shape index (κ3) is 7.61.